The highest BCUT2D eigenvalue weighted by atomic mass is 79.9. The van der Waals surface area contributed by atoms with Crippen LogP contribution in [0.5, 0.6) is 0 Å². The quantitative estimate of drug-likeness (QED) is 0.632. The average molecular weight is 224 g/mol. The molecule has 0 aromatic heterocycles. The first-order chi connectivity index (χ1) is 4.55. The maximum Gasteiger partial charge on any atom is 0.0999 e. The molecule has 0 aromatic rings. The van der Waals surface area contributed by atoms with Crippen LogP contribution in [0.15, 0.2) is 0 Å². The monoisotopic (exact) mass is 223 g/mol. The highest BCUT2D eigenvalue weighted by Gasteiger charge is 2.37. The molecule has 0 unspecified atom stereocenters. The molecule has 0 aliphatic carbocycles. The smallest absolute Gasteiger partial charge is 0.0999 e. The van der Waals surface area contributed by atoms with Crippen LogP contribution in [0.3, 0.4) is 0 Å². The fourth-order valence-electron chi connectivity index (χ4n) is 1.23. The molecule has 1 fully saturated rings. The van der Waals surface area contributed by atoms with Crippen LogP contribution >= 0.6 is 14.8 Å². The Labute approximate surface area is 68.2 Å². The Morgan fingerprint density at radius 2 is 2.00 bits per heavy atom. The molecule has 0 aromatic carbocycles. The van der Waals surface area contributed by atoms with Crippen LogP contribution in [0.25, 0.3) is 0 Å². The molecule has 1 rings (SSSR count). The fraction of sp³-hybridized carbons (Fsp3) is 0.833. The summed E-state index contributed by atoms with van der Waals surface area (Å²) in [6.45, 7) is 0. The lowest BCUT2D eigenvalue weighted by molar-refractivity contribution is 0.674. The number of rotatable bonds is 1. The van der Waals surface area contributed by atoms with Gasteiger partial charge < -0.3 is 0 Å². The molecule has 1 saturated heterocycles. The van der Waals surface area contributed by atoms with E-state index in [1.165, 1.54) is 0 Å². The molecule has 0 atom stereocenters. The van der Waals surface area contributed by atoms with Crippen molar-refractivity contribution in [2.75, 3.05) is 17.3 Å². The van der Waals surface area contributed by atoms with Crippen LogP contribution in [0.4, 0.5) is 0 Å². The topological polar surface area (TPSA) is 40.9 Å². The molecule has 2 nitrogen and oxygen atoms in total. The summed E-state index contributed by atoms with van der Waals surface area (Å²) in [5, 5.41) is 8.40. The summed E-state index contributed by atoms with van der Waals surface area (Å²) in [6, 6.07) is 1.98. The van der Waals surface area contributed by atoms with Gasteiger partial charge in [0.2, 0.25) is 0 Å². The Bertz CT molecular complexity index is 233. The van der Waals surface area contributed by atoms with Crippen LogP contribution in [0.2, 0.25) is 0 Å². The predicted octanol–water partition coefficient (Wildman–Crippen LogP) is 1.43. The molecular weight excluding hydrogens is 214 g/mol. The lowest BCUT2D eigenvalue weighted by Crippen LogP contribution is -2.30. The van der Waals surface area contributed by atoms with Crippen LogP contribution in [0, 0.1) is 11.3 Å². The minimum absolute atomic E-state index is 0.192. The van der Waals surface area contributed by atoms with Crippen molar-refractivity contribution in [3.05, 3.63) is 0 Å². The number of hydrogen-bond donors (Lipinski definition) is 0. The number of hydrogen-bond acceptors (Lipinski definition) is 2. The van der Waals surface area contributed by atoms with Crippen LogP contribution in [0.1, 0.15) is 12.8 Å². The molecule has 1 aliphatic rings. The predicted molar refractivity (Wildman–Crippen MR) is 46.5 cm³/mol. The summed E-state index contributed by atoms with van der Waals surface area (Å²) in [5.74, 6) is 1.59. The highest BCUT2D eigenvalue weighted by molar-refractivity contribution is 9.53. The maximum atomic E-state index is 11.9. The molecule has 0 radical (unpaired) electrons. The molecule has 4 heteroatoms. The van der Waals surface area contributed by atoms with Crippen molar-refractivity contribution in [3.8, 4) is 6.07 Å². The van der Waals surface area contributed by atoms with Crippen molar-refractivity contribution in [1.82, 2.24) is 0 Å². The molecule has 0 saturated carbocycles. The summed E-state index contributed by atoms with van der Waals surface area (Å²) >= 11 is 3.24. The van der Waals surface area contributed by atoms with Crippen molar-refractivity contribution >= 4 is 22.3 Å². The maximum absolute atomic E-state index is 11.9. The molecule has 0 spiro atoms. The Balaban J connectivity index is 2.82. The zero-order valence-electron chi connectivity index (χ0n) is 5.68. The first-order valence-electron chi connectivity index (χ1n) is 3.26. The van der Waals surface area contributed by atoms with Crippen LogP contribution < -0.4 is 0 Å². The van der Waals surface area contributed by atoms with Crippen molar-refractivity contribution in [3.63, 3.8) is 0 Å². The SMILES string of the molecule is N#CCS1(=O)(Br)CCCC1. The van der Waals surface area contributed by atoms with Crippen molar-refractivity contribution < 1.29 is 4.21 Å². The number of nitriles is 1. The van der Waals surface area contributed by atoms with Gasteiger partial charge in [0.15, 0.2) is 0 Å². The van der Waals surface area contributed by atoms with Gasteiger partial charge in [-0.25, -0.2) is 0 Å². The minimum Gasteiger partial charge on any atom is -0.271 e. The van der Waals surface area contributed by atoms with Gasteiger partial charge in [0, 0.05) is 11.5 Å². The van der Waals surface area contributed by atoms with Crippen molar-refractivity contribution in [2.24, 2.45) is 0 Å². The largest absolute Gasteiger partial charge is 0.271 e. The molecule has 0 bridgehead atoms. The molecular formula is C6H10BrNOS. The van der Waals surface area contributed by atoms with Crippen LogP contribution in [-0.4, -0.2) is 21.5 Å². The molecule has 1 heterocycles. The van der Waals surface area contributed by atoms with E-state index in [9.17, 15) is 4.21 Å². The van der Waals surface area contributed by atoms with Gasteiger partial charge in [-0.3, -0.25) is 4.21 Å². The van der Waals surface area contributed by atoms with E-state index in [-0.39, 0.29) is 5.75 Å². The average Bonchev–Trinajstić information content (AvgIpc) is 2.12. The third-order valence-electron chi connectivity index (χ3n) is 1.82. The van der Waals surface area contributed by atoms with Gasteiger partial charge in [-0.15, -0.1) is 0 Å². The first-order valence-corrected chi connectivity index (χ1v) is 7.58. The van der Waals surface area contributed by atoms with E-state index in [4.69, 9.17) is 5.26 Å². The summed E-state index contributed by atoms with van der Waals surface area (Å²) in [7, 11) is -2.61. The van der Waals surface area contributed by atoms with Gasteiger partial charge in [0.05, 0.1) is 11.8 Å². The fourth-order valence-corrected chi connectivity index (χ4v) is 5.36. The van der Waals surface area contributed by atoms with E-state index in [2.05, 4.69) is 14.8 Å². The van der Waals surface area contributed by atoms with Gasteiger partial charge in [0.1, 0.15) is 0 Å². The normalized spacial score (nSPS) is 31.8. The third-order valence-corrected chi connectivity index (χ3v) is 7.59. The third kappa shape index (κ3) is 1.58. The summed E-state index contributed by atoms with van der Waals surface area (Å²) in [6.07, 6.45) is 2.00. The molecule has 1 aliphatic heterocycles. The summed E-state index contributed by atoms with van der Waals surface area (Å²) < 4.78 is 11.9. The Morgan fingerprint density at radius 1 is 1.50 bits per heavy atom. The van der Waals surface area contributed by atoms with Gasteiger partial charge in [-0.05, 0) is 35.2 Å². The zero-order chi connectivity index (χ0) is 7.69. The van der Waals surface area contributed by atoms with E-state index in [0.717, 1.165) is 12.8 Å². The molecule has 58 valence electrons. The van der Waals surface area contributed by atoms with Gasteiger partial charge >= 0.3 is 0 Å². The second-order valence-electron chi connectivity index (χ2n) is 2.77. The Hall–Kier alpha value is 0.120. The van der Waals surface area contributed by atoms with Gasteiger partial charge in [-0.1, -0.05) is 0 Å². The van der Waals surface area contributed by atoms with E-state index in [1.54, 1.807) is 0 Å². The van der Waals surface area contributed by atoms with Crippen molar-refractivity contribution in [2.45, 2.75) is 12.8 Å². The van der Waals surface area contributed by atoms with Gasteiger partial charge in [0.25, 0.3) is 0 Å². The summed E-state index contributed by atoms with van der Waals surface area (Å²) in [4.78, 5) is 0. The standard InChI is InChI=1S/C6H10BrNOS/c7-10(9,6-3-8)4-1-2-5-10/h1-2,4-6H2. The van der Waals surface area contributed by atoms with Crippen LogP contribution in [-0.2, 0) is 7.50 Å². The lowest BCUT2D eigenvalue weighted by Gasteiger charge is -2.26. The Kier molecular flexibility index (Phi) is 1.90. The van der Waals surface area contributed by atoms with E-state index < -0.39 is 7.50 Å². The number of halogens is 1. The van der Waals surface area contributed by atoms with E-state index in [0.29, 0.717) is 11.5 Å². The molecule has 0 amide bonds. The number of nitrogens with zero attached hydrogens (tertiary/aromatic N) is 1. The second-order valence-corrected chi connectivity index (χ2v) is 11.5. The van der Waals surface area contributed by atoms with Gasteiger partial charge in [-0.2, -0.15) is 5.26 Å². The second kappa shape index (κ2) is 2.31. The molecule has 0 N–H and O–H groups in total. The zero-order valence-corrected chi connectivity index (χ0v) is 8.08. The summed E-state index contributed by atoms with van der Waals surface area (Å²) in [5.41, 5.74) is 0. The van der Waals surface area contributed by atoms with Crippen molar-refractivity contribution in [1.29, 1.82) is 5.26 Å². The molecule has 10 heavy (non-hydrogen) atoms. The van der Waals surface area contributed by atoms with E-state index in [1.807, 2.05) is 6.07 Å². The lowest BCUT2D eigenvalue weighted by atomic mass is 10.4. The van der Waals surface area contributed by atoms with E-state index >= 15 is 0 Å². The Morgan fingerprint density at radius 3 is 2.40 bits per heavy atom. The minimum atomic E-state index is -2.61. The highest BCUT2D eigenvalue weighted by Crippen LogP contribution is 2.40. The first kappa shape index (κ1) is 8.22.